The molecule has 0 amide bonds. The molecule has 1 heterocycles. The second-order valence-electron chi connectivity index (χ2n) is 8.20. The van der Waals surface area contributed by atoms with E-state index in [1.54, 1.807) is 24.3 Å². The van der Waals surface area contributed by atoms with Crippen molar-refractivity contribution in [1.29, 1.82) is 5.26 Å². The molecule has 0 fully saturated rings. The fourth-order valence-corrected chi connectivity index (χ4v) is 5.04. The summed E-state index contributed by atoms with van der Waals surface area (Å²) in [6.07, 6.45) is -4.03. The zero-order valence-electron chi connectivity index (χ0n) is 20.1. The van der Waals surface area contributed by atoms with Crippen LogP contribution in [0.4, 0.5) is 13.2 Å². The number of oxazole rings is 1. The molecule has 0 saturated carbocycles. The Morgan fingerprint density at radius 2 is 1.66 bits per heavy atom. The molecule has 0 bridgehead atoms. The van der Waals surface area contributed by atoms with Crippen molar-refractivity contribution >= 4 is 15.8 Å². The number of aliphatic hydroxyl groups excluding tert-OH is 1. The van der Waals surface area contributed by atoms with Crippen LogP contribution in [0.5, 0.6) is 0 Å². The summed E-state index contributed by atoms with van der Waals surface area (Å²) in [7, 11) is -0.958. The number of alkyl halides is 3. The van der Waals surface area contributed by atoms with Gasteiger partial charge in [-0.3, -0.25) is 5.73 Å². The Labute approximate surface area is 220 Å². The van der Waals surface area contributed by atoms with Gasteiger partial charge < -0.3 is 13.7 Å². The van der Waals surface area contributed by atoms with E-state index in [9.17, 15) is 18.3 Å². The predicted octanol–water partition coefficient (Wildman–Crippen LogP) is 6.12. The lowest BCUT2D eigenvalue weighted by atomic mass is 10.1. The lowest BCUT2D eigenvalue weighted by molar-refractivity contribution is -0.137. The number of aliphatic hydroxyl groups is 1. The first-order valence-electron chi connectivity index (χ1n) is 11.6. The fourth-order valence-electron chi connectivity index (χ4n) is 3.55. The Kier molecular flexibility index (Phi) is 8.76. The van der Waals surface area contributed by atoms with Gasteiger partial charge in [0.15, 0.2) is 5.76 Å². The number of hydrogen-bond donors (Lipinski definition) is 2. The van der Waals surface area contributed by atoms with Gasteiger partial charge in [0.25, 0.3) is 0 Å². The van der Waals surface area contributed by atoms with E-state index in [2.05, 4.69) is 11.1 Å². The minimum atomic E-state index is -4.47. The average Bonchev–Trinajstić information content (AvgIpc) is 3.38. The maximum atomic E-state index is 13.1. The molecular weight excluding hydrogens is 515 g/mol. The molecule has 0 aliphatic carbocycles. The first-order valence-corrected chi connectivity index (χ1v) is 12.9. The molecule has 38 heavy (non-hydrogen) atoms. The predicted molar refractivity (Wildman–Crippen MR) is 141 cm³/mol. The van der Waals surface area contributed by atoms with Gasteiger partial charge in [-0.15, -0.1) is 0 Å². The summed E-state index contributed by atoms with van der Waals surface area (Å²) in [4.78, 5) is 4.85. The summed E-state index contributed by atoms with van der Waals surface area (Å²) in [6, 6.07) is 22.7. The van der Waals surface area contributed by atoms with Crippen molar-refractivity contribution in [1.82, 2.24) is 4.98 Å². The van der Waals surface area contributed by atoms with Crippen molar-refractivity contribution in [3.05, 3.63) is 101 Å². The van der Waals surface area contributed by atoms with E-state index in [-0.39, 0.29) is 24.1 Å². The highest BCUT2D eigenvalue weighted by molar-refractivity contribution is 8.12. The highest BCUT2D eigenvalue weighted by atomic mass is 32.2. The maximum absolute atomic E-state index is 13.1. The number of rotatable bonds is 9. The standard InChI is InChI=1S/C28H24F3N3O3S/c29-28(30,31)23-13-11-22(12-14-23)27-34-24(25(37-27)21-9-7-19(17-32)8-10-21)26(33)38(16-4-15-35)36-18-20-5-2-1-3-6-20/h1-3,5-14,35H,4,15-16,18,33H2. The van der Waals surface area contributed by atoms with Crippen LogP contribution in [0, 0.1) is 11.3 Å². The van der Waals surface area contributed by atoms with Crippen LogP contribution in [0.15, 0.2) is 83.3 Å². The van der Waals surface area contributed by atoms with Crippen LogP contribution >= 0.6 is 10.8 Å². The minimum Gasteiger partial charge on any atom is -0.435 e. The van der Waals surface area contributed by atoms with E-state index < -0.39 is 22.5 Å². The summed E-state index contributed by atoms with van der Waals surface area (Å²) in [5, 5.41) is 18.6. The van der Waals surface area contributed by atoms with Crippen LogP contribution in [-0.2, 0) is 17.0 Å². The molecule has 3 N–H and O–H groups in total. The Hall–Kier alpha value is -3.75. The zero-order valence-corrected chi connectivity index (χ0v) is 20.9. The lowest BCUT2D eigenvalue weighted by Crippen LogP contribution is -2.17. The first kappa shape index (κ1) is 27.3. The van der Waals surface area contributed by atoms with Crippen LogP contribution in [0.2, 0.25) is 0 Å². The van der Waals surface area contributed by atoms with Crippen LogP contribution in [0.25, 0.3) is 22.8 Å². The molecular formula is C28H24F3N3O3S. The highest BCUT2D eigenvalue weighted by Crippen LogP contribution is 2.35. The van der Waals surface area contributed by atoms with E-state index in [1.807, 2.05) is 30.3 Å². The number of halogens is 3. The smallest absolute Gasteiger partial charge is 0.416 e. The minimum absolute atomic E-state index is 0.0520. The molecule has 0 spiro atoms. The molecule has 4 rings (SSSR count). The second-order valence-corrected chi connectivity index (χ2v) is 9.97. The van der Waals surface area contributed by atoms with Crippen molar-refractivity contribution in [3.8, 4) is 28.8 Å². The van der Waals surface area contributed by atoms with Gasteiger partial charge in [-0.2, -0.15) is 18.4 Å². The van der Waals surface area contributed by atoms with Gasteiger partial charge in [0.2, 0.25) is 5.89 Å². The second kappa shape index (κ2) is 12.2. The van der Waals surface area contributed by atoms with E-state index >= 15 is 0 Å². The molecule has 0 saturated heterocycles. The molecule has 1 unspecified atom stereocenters. The van der Waals surface area contributed by atoms with E-state index in [1.165, 1.54) is 12.1 Å². The Morgan fingerprint density at radius 3 is 2.26 bits per heavy atom. The summed E-state index contributed by atoms with van der Waals surface area (Å²) in [6.45, 7) is 0.232. The van der Waals surface area contributed by atoms with Gasteiger partial charge in [0.05, 0.1) is 28.8 Å². The summed E-state index contributed by atoms with van der Waals surface area (Å²) >= 11 is 0. The van der Waals surface area contributed by atoms with Crippen LogP contribution in [0.1, 0.15) is 28.8 Å². The molecule has 1 atom stereocenters. The van der Waals surface area contributed by atoms with Crippen LogP contribution < -0.4 is 5.73 Å². The van der Waals surface area contributed by atoms with Gasteiger partial charge in [-0.25, -0.2) is 4.98 Å². The van der Waals surface area contributed by atoms with Crippen LogP contribution in [0.3, 0.4) is 0 Å². The third kappa shape index (κ3) is 6.57. The van der Waals surface area contributed by atoms with E-state index in [4.69, 9.17) is 19.6 Å². The Bertz CT molecular complexity index is 1440. The van der Waals surface area contributed by atoms with E-state index in [0.717, 1.165) is 17.7 Å². The third-order valence-electron chi connectivity index (χ3n) is 5.54. The molecule has 4 aromatic rings. The topological polar surface area (TPSA) is 105 Å². The number of benzene rings is 3. The van der Waals surface area contributed by atoms with Gasteiger partial charge >= 0.3 is 6.18 Å². The largest absolute Gasteiger partial charge is 0.435 e. The highest BCUT2D eigenvalue weighted by Gasteiger charge is 2.30. The van der Waals surface area contributed by atoms with Crippen molar-refractivity contribution in [2.75, 3.05) is 12.4 Å². The van der Waals surface area contributed by atoms with Crippen molar-refractivity contribution < 1.29 is 26.9 Å². The molecule has 6 nitrogen and oxygen atoms in total. The number of nitrogens with two attached hydrogens (primary N) is 1. The van der Waals surface area contributed by atoms with Crippen LogP contribution in [-0.4, -0.2) is 27.4 Å². The summed E-state index contributed by atoms with van der Waals surface area (Å²) < 4.78 is 51.4. The van der Waals surface area contributed by atoms with Gasteiger partial charge in [-0.05, 0) is 71.3 Å². The Balaban J connectivity index is 1.79. The monoisotopic (exact) mass is 539 g/mol. The maximum Gasteiger partial charge on any atom is 0.416 e. The molecule has 0 aliphatic rings. The number of aromatic nitrogens is 1. The average molecular weight is 540 g/mol. The summed E-state index contributed by atoms with van der Waals surface area (Å²) in [5.74, 6) is 0.821. The molecule has 0 radical (unpaired) electrons. The number of hydrogen-bond acceptors (Lipinski definition) is 5. The quantitative estimate of drug-likeness (QED) is 0.248. The molecule has 0 aliphatic heterocycles. The van der Waals surface area contributed by atoms with Gasteiger partial charge in [0, 0.05) is 23.5 Å². The zero-order chi connectivity index (χ0) is 27.1. The summed E-state index contributed by atoms with van der Waals surface area (Å²) in [5.41, 5.74) is 8.43. The SMILES string of the molecule is N#Cc1ccc(-c2oc(-c3ccc(C(F)(F)F)cc3)nc2/C(N)=S(\CCCO)OCc2ccccc2)cc1. The normalized spacial score (nSPS) is 12.7. The molecule has 1 aromatic heterocycles. The van der Waals surface area contributed by atoms with E-state index in [0.29, 0.717) is 40.3 Å². The third-order valence-corrected chi connectivity index (χ3v) is 7.29. The number of nitrogens with zero attached hydrogens (tertiary/aromatic N) is 2. The van der Waals surface area contributed by atoms with Crippen molar-refractivity contribution in [3.63, 3.8) is 0 Å². The fraction of sp³-hybridized carbons (Fsp3) is 0.179. The first-order chi connectivity index (χ1) is 18.3. The molecule has 196 valence electrons. The Morgan fingerprint density at radius 1 is 1.00 bits per heavy atom. The van der Waals surface area contributed by atoms with Crippen molar-refractivity contribution in [2.24, 2.45) is 5.73 Å². The van der Waals surface area contributed by atoms with Gasteiger partial charge in [-0.1, -0.05) is 30.3 Å². The number of nitriles is 1. The van der Waals surface area contributed by atoms with Gasteiger partial charge in [0.1, 0.15) is 5.69 Å². The lowest BCUT2D eigenvalue weighted by Gasteiger charge is -2.13. The van der Waals surface area contributed by atoms with Crippen molar-refractivity contribution in [2.45, 2.75) is 19.2 Å². The molecule has 3 aromatic carbocycles. The molecule has 10 heteroatoms.